The molecule has 1 unspecified atom stereocenters. The first kappa shape index (κ1) is 24.0. The molecule has 3 heterocycles. The lowest BCUT2D eigenvalue weighted by Crippen LogP contribution is -2.33. The average molecular weight is 508 g/mol. The van der Waals surface area contributed by atoms with Crippen LogP contribution in [0.5, 0.6) is 0 Å². The number of amides is 1. The Balaban J connectivity index is 1.60. The lowest BCUT2D eigenvalue weighted by molar-refractivity contribution is -0.614. The van der Waals surface area contributed by atoms with Gasteiger partial charge in [-0.15, -0.1) is 0 Å². The number of anilines is 1. The minimum Gasteiger partial charge on any atom is -0.618 e. The number of carbonyl (C=O) groups excluding carboxylic acids is 1. The Morgan fingerprint density at radius 2 is 1.92 bits per heavy atom. The maximum atomic E-state index is 14.6. The zero-order valence-electron chi connectivity index (χ0n) is 19.6. The van der Waals surface area contributed by atoms with Crippen molar-refractivity contribution in [3.05, 3.63) is 100 Å². The van der Waals surface area contributed by atoms with Crippen LogP contribution in [-0.2, 0) is 11.8 Å². The molecule has 1 atom stereocenters. The molecular weight excluding hydrogens is 484 g/mol. The fraction of sp³-hybridized carbons (Fsp3) is 0.214. The summed E-state index contributed by atoms with van der Waals surface area (Å²) in [6.07, 6.45) is 5.49. The van der Waals surface area contributed by atoms with Crippen LogP contribution >= 0.6 is 11.6 Å². The van der Waals surface area contributed by atoms with Gasteiger partial charge in [-0.1, -0.05) is 36.2 Å². The number of hydrogen-bond donors (Lipinski definition) is 1. The Morgan fingerprint density at radius 3 is 2.72 bits per heavy atom. The molecule has 4 aromatic rings. The van der Waals surface area contributed by atoms with Crippen molar-refractivity contribution in [3.8, 4) is 22.4 Å². The molecule has 8 heteroatoms. The number of aryl methyl sites for hydroxylation is 1. The second kappa shape index (κ2) is 9.74. The highest BCUT2D eigenvalue weighted by atomic mass is 35.5. The van der Waals surface area contributed by atoms with Crippen molar-refractivity contribution in [3.63, 3.8) is 0 Å². The summed E-state index contributed by atoms with van der Waals surface area (Å²) in [7, 11) is 1.92. The van der Waals surface area contributed by atoms with Gasteiger partial charge in [-0.05, 0) is 48.7 Å². The third-order valence-electron chi connectivity index (χ3n) is 6.69. The number of fused-ring (bicyclic) bond motifs is 4. The van der Waals surface area contributed by atoms with Crippen LogP contribution in [0.25, 0.3) is 22.4 Å². The lowest BCUT2D eigenvalue weighted by Gasteiger charge is -2.20. The third-order valence-corrected chi connectivity index (χ3v) is 6.98. The zero-order valence-corrected chi connectivity index (χ0v) is 20.4. The van der Waals surface area contributed by atoms with Crippen molar-refractivity contribution in [1.29, 1.82) is 0 Å². The molecule has 5 nitrogen and oxygen atoms in total. The Morgan fingerprint density at radius 1 is 1.08 bits per heavy atom. The summed E-state index contributed by atoms with van der Waals surface area (Å²) in [4.78, 5) is 12.5. The summed E-state index contributed by atoms with van der Waals surface area (Å²) in [5.41, 5.74) is 3.72. The Hall–Kier alpha value is -3.71. The monoisotopic (exact) mass is 507 g/mol. The van der Waals surface area contributed by atoms with Gasteiger partial charge < -0.3 is 15.1 Å². The molecule has 1 aliphatic heterocycles. The van der Waals surface area contributed by atoms with Crippen LogP contribution in [0.4, 0.5) is 14.5 Å². The fourth-order valence-electron chi connectivity index (χ4n) is 4.93. The molecule has 36 heavy (non-hydrogen) atoms. The van der Waals surface area contributed by atoms with Gasteiger partial charge >= 0.3 is 0 Å². The number of nitrogens with one attached hydrogen (secondary N) is 1. The van der Waals surface area contributed by atoms with Gasteiger partial charge in [0.05, 0.1) is 33.4 Å². The highest BCUT2D eigenvalue weighted by molar-refractivity contribution is 6.31. The van der Waals surface area contributed by atoms with Gasteiger partial charge in [0.2, 0.25) is 5.91 Å². The van der Waals surface area contributed by atoms with E-state index < -0.39 is 11.6 Å². The number of halogens is 3. The van der Waals surface area contributed by atoms with Crippen LogP contribution in [0, 0.1) is 16.8 Å². The van der Waals surface area contributed by atoms with Gasteiger partial charge in [-0.2, -0.15) is 4.73 Å². The highest BCUT2D eigenvalue weighted by Crippen LogP contribution is 2.36. The second-order valence-corrected chi connectivity index (χ2v) is 9.45. The van der Waals surface area contributed by atoms with Crippen LogP contribution in [0.2, 0.25) is 5.02 Å². The van der Waals surface area contributed by atoms with Crippen LogP contribution in [0.15, 0.2) is 67.0 Å². The first-order valence-electron chi connectivity index (χ1n) is 11.8. The molecule has 2 aromatic heterocycles. The number of carbonyl (C=O) groups is 1. The number of aromatic nitrogens is 2. The molecule has 0 aliphatic carbocycles. The van der Waals surface area contributed by atoms with Crippen molar-refractivity contribution in [2.75, 3.05) is 5.32 Å². The van der Waals surface area contributed by atoms with E-state index in [2.05, 4.69) is 5.32 Å². The molecular formula is C28H24ClF2N3O2. The summed E-state index contributed by atoms with van der Waals surface area (Å²) < 4.78 is 31.6. The van der Waals surface area contributed by atoms with E-state index in [0.717, 1.165) is 41.1 Å². The van der Waals surface area contributed by atoms with E-state index in [1.54, 1.807) is 12.1 Å². The van der Waals surface area contributed by atoms with Crippen molar-refractivity contribution < 1.29 is 18.3 Å². The Kier molecular flexibility index (Phi) is 6.49. The molecule has 0 saturated heterocycles. The zero-order chi connectivity index (χ0) is 25.4. The molecule has 1 amide bonds. The second-order valence-electron chi connectivity index (χ2n) is 9.05. The molecule has 0 radical (unpaired) electrons. The number of nitrogens with zero attached hydrogens (tertiary/aromatic N) is 2. The largest absolute Gasteiger partial charge is 0.618 e. The van der Waals surface area contributed by atoms with E-state index >= 15 is 0 Å². The average Bonchev–Trinajstić information content (AvgIpc) is 3.21. The summed E-state index contributed by atoms with van der Waals surface area (Å²) >= 11 is 5.85. The third kappa shape index (κ3) is 4.46. The SMILES string of the molecule is Cn1ccc2c1-c1cccc(c1)C(c1ccc(-c3c(F)ccc(Cl)c3F)c[n+]1[O-])CCCCC(=O)N2. The van der Waals surface area contributed by atoms with Crippen molar-refractivity contribution in [2.45, 2.75) is 31.6 Å². The molecule has 184 valence electrons. The maximum absolute atomic E-state index is 14.6. The molecule has 0 fully saturated rings. The Labute approximate surface area is 212 Å². The summed E-state index contributed by atoms with van der Waals surface area (Å²) in [5.74, 6) is -2.01. The van der Waals surface area contributed by atoms with E-state index in [1.807, 2.05) is 48.1 Å². The molecule has 2 aromatic carbocycles. The van der Waals surface area contributed by atoms with Crippen LogP contribution in [0.3, 0.4) is 0 Å². The fourth-order valence-corrected chi connectivity index (χ4v) is 5.08. The molecule has 0 spiro atoms. The first-order valence-corrected chi connectivity index (χ1v) is 12.1. The first-order chi connectivity index (χ1) is 17.3. The van der Waals surface area contributed by atoms with Crippen LogP contribution < -0.4 is 10.0 Å². The van der Waals surface area contributed by atoms with Crippen molar-refractivity contribution >= 4 is 23.2 Å². The van der Waals surface area contributed by atoms with Crippen LogP contribution in [0.1, 0.15) is 42.9 Å². The van der Waals surface area contributed by atoms with Crippen LogP contribution in [-0.4, -0.2) is 10.5 Å². The van der Waals surface area contributed by atoms with E-state index in [0.29, 0.717) is 29.7 Å². The number of hydrogen-bond acceptors (Lipinski definition) is 2. The van der Waals surface area contributed by atoms with Crippen molar-refractivity contribution in [2.24, 2.45) is 7.05 Å². The minimum absolute atomic E-state index is 0.0513. The molecule has 0 saturated carbocycles. The standard InChI is InChI=1S/C28H24ClF2N3O2/c1-33-14-13-23-28(33)18-6-4-5-17(15-18)20(7-2-3-8-25(35)32-23)24-12-9-19(16-34(24)36)26-22(30)11-10-21(29)27(26)31/h4-6,9-16,20H,2-3,7-8H2,1H3,(H,32,35). The smallest absolute Gasteiger partial charge is 0.224 e. The maximum Gasteiger partial charge on any atom is 0.224 e. The summed E-state index contributed by atoms with van der Waals surface area (Å²) in [5, 5.41) is 16.0. The quantitative estimate of drug-likeness (QED) is 0.189. The normalized spacial score (nSPS) is 16.0. The molecule has 1 aliphatic rings. The highest BCUT2D eigenvalue weighted by Gasteiger charge is 2.26. The Bertz CT molecular complexity index is 1470. The van der Waals surface area contributed by atoms with Gasteiger partial charge in [0.1, 0.15) is 5.82 Å². The van der Waals surface area contributed by atoms with Gasteiger partial charge in [-0.25, -0.2) is 8.78 Å². The lowest BCUT2D eigenvalue weighted by atomic mass is 9.88. The number of rotatable bonds is 2. The van der Waals surface area contributed by atoms with Gasteiger partial charge in [0.25, 0.3) is 0 Å². The molecule has 5 rings (SSSR count). The predicted molar refractivity (Wildman–Crippen MR) is 136 cm³/mol. The van der Waals surface area contributed by atoms with Gasteiger partial charge in [-0.3, -0.25) is 4.79 Å². The van der Waals surface area contributed by atoms with Gasteiger partial charge in [0, 0.05) is 31.3 Å². The molecule has 2 bridgehead atoms. The predicted octanol–water partition coefficient (Wildman–Crippen LogP) is 6.57. The summed E-state index contributed by atoms with van der Waals surface area (Å²) in [6.45, 7) is 0. The van der Waals surface area contributed by atoms with Gasteiger partial charge in [0.15, 0.2) is 17.7 Å². The minimum atomic E-state index is -0.903. The van der Waals surface area contributed by atoms with E-state index in [1.165, 1.54) is 6.20 Å². The summed E-state index contributed by atoms with van der Waals surface area (Å²) in [6, 6.07) is 15.2. The molecule has 1 N–H and O–H groups in total. The van der Waals surface area contributed by atoms with E-state index in [4.69, 9.17) is 11.6 Å². The van der Waals surface area contributed by atoms with E-state index in [-0.39, 0.29) is 28.0 Å². The topological polar surface area (TPSA) is 61.0 Å². The number of pyridine rings is 1. The van der Waals surface area contributed by atoms with E-state index in [9.17, 15) is 18.8 Å². The number of benzene rings is 2. The van der Waals surface area contributed by atoms with Crippen molar-refractivity contribution in [1.82, 2.24) is 4.57 Å².